The van der Waals surface area contributed by atoms with Crippen molar-refractivity contribution in [1.29, 1.82) is 0 Å². The molecule has 0 aromatic heterocycles. The van der Waals surface area contributed by atoms with Crippen LogP contribution in [0.3, 0.4) is 0 Å². The van der Waals surface area contributed by atoms with Gasteiger partial charge in [0.1, 0.15) is 0 Å². The van der Waals surface area contributed by atoms with E-state index in [9.17, 15) is 40.9 Å². The Kier molecular flexibility index (Phi) is 50.5. The van der Waals surface area contributed by atoms with Gasteiger partial charge in [-0.05, 0) is 95.2 Å². The first-order chi connectivity index (χ1) is 44.6. The van der Waals surface area contributed by atoms with Gasteiger partial charge in [-0.2, -0.15) is 0 Å². The zero-order valence-corrected chi connectivity index (χ0v) is 64.5. The molecule has 1 fully saturated rings. The van der Waals surface area contributed by atoms with Crippen LogP contribution in [0.5, 0.6) is 11.5 Å². The van der Waals surface area contributed by atoms with Crippen LogP contribution in [0, 0.1) is 13.8 Å². The number of aryl methyl sites for hydroxylation is 2. The topological polar surface area (TPSA) is 209 Å². The Morgan fingerprint density at radius 2 is 0.500 bits per heavy atom. The van der Waals surface area contributed by atoms with Crippen LogP contribution in [0.2, 0.25) is 0 Å². The molecule has 1 aliphatic rings. The first-order valence-corrected chi connectivity index (χ1v) is 34.0. The number of hydrogen-bond acceptors (Lipinski definition) is 10. The average molecular weight is 1450 g/mol. The molecule has 8 aromatic rings. The van der Waals surface area contributed by atoms with E-state index in [1.165, 1.54) is 0 Å². The van der Waals surface area contributed by atoms with Gasteiger partial charge in [0.15, 0.2) is 0 Å². The first kappa shape index (κ1) is 93.1. The molecule has 8 aromatic carbocycles. The summed E-state index contributed by atoms with van der Waals surface area (Å²) in [5, 5.41) is 87.3. The molecule has 512 valence electrons. The smallest absolute Gasteiger partial charge is 0.872 e. The fourth-order valence-corrected chi connectivity index (χ4v) is 10.1. The molecular formula is C80H98Cl4N2O8Ti2. The molecule has 96 heavy (non-hydrogen) atoms. The zero-order chi connectivity index (χ0) is 70.8. The van der Waals surface area contributed by atoms with Crippen molar-refractivity contribution in [3.05, 3.63) is 273 Å². The van der Waals surface area contributed by atoms with Crippen molar-refractivity contribution in [2.24, 2.45) is 9.98 Å². The molecule has 0 spiro atoms. The third-order valence-corrected chi connectivity index (χ3v) is 13.1. The Labute approximate surface area is 625 Å². The van der Waals surface area contributed by atoms with Gasteiger partial charge >= 0.3 is 43.4 Å². The van der Waals surface area contributed by atoms with E-state index in [1.807, 2.05) is 134 Å². The van der Waals surface area contributed by atoms with Crippen LogP contribution < -0.4 is 40.9 Å². The number of hydrogen-bond donors (Lipinski definition) is 0. The van der Waals surface area contributed by atoms with Crippen LogP contribution in [-0.2, 0) is 54.3 Å². The van der Waals surface area contributed by atoms with Gasteiger partial charge in [0, 0.05) is 12.4 Å². The minimum Gasteiger partial charge on any atom is -0.872 e. The number of halogens is 4. The molecule has 0 atom stereocenters. The molecule has 0 unspecified atom stereocenters. The standard InChI is InChI=1S/C60H54N2O2.6C3H7O.2CH2Cl2.2Ti/c1-43-37-45(57(63)55(39-43)59(47-21-9-3-10-22-47,48-23-11-4-12-24-48)49-25-13-5-14-26-49)41-61-53-33-35-54(36-34-53)62-42-46-38-44(2)40-56(58(46)64)60(50-27-15-6-16-28-50,51-29-17-7-18-30-51)52-31-19-8-20-32-52;6*1-3(2)4;2*2-1-3;;/h3-32,37-42,53-54,63-64H,33-36H2,1-2H3;6*3H,1-2H3;2*1H2;;/q;6*-1;;;2*+4/p-2. The van der Waals surface area contributed by atoms with E-state index < -0.39 is 47.5 Å². The summed E-state index contributed by atoms with van der Waals surface area (Å²) < 4.78 is 0. The van der Waals surface area contributed by atoms with Crippen LogP contribution >= 0.6 is 46.4 Å². The van der Waals surface area contributed by atoms with Crippen LogP contribution in [0.25, 0.3) is 0 Å². The van der Waals surface area contributed by atoms with Crippen molar-refractivity contribution >= 4 is 58.8 Å². The summed E-state index contributed by atoms with van der Waals surface area (Å²) in [6, 6.07) is 70.4. The summed E-state index contributed by atoms with van der Waals surface area (Å²) in [5.74, 6) is -0.0445. The number of nitrogens with zero attached hydrogens (tertiary/aromatic N) is 2. The number of aliphatic imine (C=N–C) groups is 2. The molecule has 0 bridgehead atoms. The van der Waals surface area contributed by atoms with Gasteiger partial charge in [-0.25, -0.2) is 0 Å². The van der Waals surface area contributed by atoms with Crippen LogP contribution in [0.1, 0.15) is 176 Å². The molecule has 16 heteroatoms. The van der Waals surface area contributed by atoms with Crippen molar-refractivity contribution < 1.29 is 84.3 Å². The summed E-state index contributed by atoms with van der Waals surface area (Å²) in [6.07, 6.45) is 4.50. The van der Waals surface area contributed by atoms with Gasteiger partial charge in [0.05, 0.1) is 33.6 Å². The SMILES string of the molecule is CC(C)[O-].CC(C)[O-].CC(C)[O-].CC(C)[O-].CC(C)[O-].CC(C)[O-].Cc1cc(C=NC2CCC(N=Cc3cc(C)cc(C(c4ccccc4)(c4ccccc4)c4ccccc4)c3[O-])CC2)c([O-])c(C(c2ccccc2)(c2ccccc2)c2ccccc2)c1.ClCCl.ClCCl.[Ti+4].[Ti+4]. The van der Waals surface area contributed by atoms with Crippen LogP contribution in [0.15, 0.2) is 216 Å². The molecule has 0 amide bonds. The third kappa shape index (κ3) is 33.7. The second-order valence-electron chi connectivity index (χ2n) is 23.7. The summed E-state index contributed by atoms with van der Waals surface area (Å²) in [5.41, 5.74) is 9.15. The van der Waals surface area contributed by atoms with E-state index in [2.05, 4.69) is 98.8 Å². The average Bonchev–Trinajstić information content (AvgIpc) is 0.737. The third-order valence-electron chi connectivity index (χ3n) is 13.1. The Balaban J connectivity index is 0. The molecule has 0 saturated heterocycles. The summed E-state index contributed by atoms with van der Waals surface area (Å²) in [4.78, 5) is 10.1. The summed E-state index contributed by atoms with van der Waals surface area (Å²) in [7, 11) is 0. The van der Waals surface area contributed by atoms with E-state index in [4.69, 9.17) is 56.4 Å². The first-order valence-electron chi connectivity index (χ1n) is 31.8. The van der Waals surface area contributed by atoms with Gasteiger partial charge in [0.25, 0.3) is 0 Å². The van der Waals surface area contributed by atoms with Gasteiger partial charge in [-0.15, -0.1) is 83.0 Å². The molecule has 0 radical (unpaired) electrons. The van der Waals surface area contributed by atoms with Crippen molar-refractivity contribution in [1.82, 2.24) is 0 Å². The predicted octanol–water partition coefficient (Wildman–Crippen LogP) is 13.4. The maximum atomic E-state index is 14.9. The Morgan fingerprint density at radius 1 is 0.344 bits per heavy atom. The normalized spacial score (nSPS) is 13.1. The molecule has 10 nitrogen and oxygen atoms in total. The van der Waals surface area contributed by atoms with Crippen LogP contribution in [0.4, 0.5) is 0 Å². The fraction of sp³-hybridized carbons (Fsp3) is 0.375. The number of rotatable bonds is 12. The van der Waals surface area contributed by atoms with Gasteiger partial charge in [-0.3, -0.25) is 9.98 Å². The Bertz CT molecular complexity index is 2810. The zero-order valence-electron chi connectivity index (χ0n) is 58.3. The quantitative estimate of drug-likeness (QED) is 0.0496. The number of benzene rings is 8. The van der Waals surface area contributed by atoms with E-state index in [0.29, 0.717) is 22.3 Å². The van der Waals surface area contributed by atoms with Crippen molar-refractivity contribution in [2.75, 3.05) is 10.7 Å². The maximum Gasteiger partial charge on any atom is 4.00 e. The summed E-state index contributed by atoms with van der Waals surface area (Å²) in [6.45, 7) is 23.5. The van der Waals surface area contributed by atoms with Crippen molar-refractivity contribution in [3.63, 3.8) is 0 Å². The Hall–Kier alpha value is -4.95. The molecule has 0 aliphatic heterocycles. The maximum absolute atomic E-state index is 14.9. The molecule has 1 aliphatic carbocycles. The molecule has 1 saturated carbocycles. The fourth-order valence-electron chi connectivity index (χ4n) is 10.1. The second kappa shape index (κ2) is 52.1. The Morgan fingerprint density at radius 3 is 0.656 bits per heavy atom. The predicted molar refractivity (Wildman–Crippen MR) is 383 cm³/mol. The minimum atomic E-state index is -0.834. The molecule has 9 rings (SSSR count). The molecular weight excluding hydrogens is 1350 g/mol. The van der Waals surface area contributed by atoms with Crippen molar-refractivity contribution in [2.45, 2.75) is 182 Å². The molecule has 0 heterocycles. The van der Waals surface area contributed by atoms with E-state index in [0.717, 1.165) is 70.2 Å². The van der Waals surface area contributed by atoms with Crippen molar-refractivity contribution in [3.8, 4) is 11.5 Å². The van der Waals surface area contributed by atoms with Gasteiger partial charge in [0.2, 0.25) is 0 Å². The van der Waals surface area contributed by atoms with E-state index >= 15 is 0 Å². The largest absolute Gasteiger partial charge is 4.00 e. The summed E-state index contributed by atoms with van der Waals surface area (Å²) >= 11 is 19.1. The van der Waals surface area contributed by atoms with Gasteiger partial charge < -0.3 is 40.9 Å². The van der Waals surface area contributed by atoms with Crippen LogP contribution in [-0.4, -0.2) is 71.8 Å². The van der Waals surface area contributed by atoms with E-state index in [1.54, 1.807) is 83.1 Å². The van der Waals surface area contributed by atoms with Gasteiger partial charge in [-0.1, -0.05) is 312 Å². The number of alkyl halides is 4. The second-order valence-corrected chi connectivity index (χ2v) is 25.3. The monoisotopic (exact) mass is 1450 g/mol. The molecule has 0 N–H and O–H groups in total. The minimum absolute atomic E-state index is 0. The van der Waals surface area contributed by atoms with E-state index in [-0.39, 0.29) is 77.7 Å².